The number of hydrogen-bond donors (Lipinski definition) is 0. The number of benzene rings is 2. The highest BCUT2D eigenvalue weighted by atomic mass is 35.5. The first-order chi connectivity index (χ1) is 11.7. The quantitative estimate of drug-likeness (QED) is 0.414. The molecule has 118 valence electrons. The lowest BCUT2D eigenvalue weighted by molar-refractivity contribution is -0.113. The van der Waals surface area contributed by atoms with Crippen LogP contribution >= 0.6 is 22.9 Å². The van der Waals surface area contributed by atoms with Crippen LogP contribution in [-0.4, -0.2) is 5.78 Å². The number of thiophene rings is 1. The number of allylic oxidation sites excluding steroid dienone is 1. The molecule has 1 aliphatic rings. The zero-order valence-corrected chi connectivity index (χ0v) is 14.3. The fraction of sp³-hybridized carbons (Fsp3) is 0.0500. The maximum atomic E-state index is 11.8. The Kier molecular flexibility index (Phi) is 3.75. The van der Waals surface area contributed by atoms with Crippen LogP contribution in [0.3, 0.4) is 0 Å². The average molecular weight is 353 g/mol. The van der Waals surface area contributed by atoms with Crippen LogP contribution in [0.15, 0.2) is 61.2 Å². The van der Waals surface area contributed by atoms with Gasteiger partial charge in [0.1, 0.15) is 11.5 Å². The van der Waals surface area contributed by atoms with E-state index < -0.39 is 0 Å². The van der Waals surface area contributed by atoms with Gasteiger partial charge in [0.05, 0.1) is 0 Å². The number of para-hydroxylation sites is 1. The first kappa shape index (κ1) is 15.2. The zero-order chi connectivity index (χ0) is 16.7. The zero-order valence-electron chi connectivity index (χ0n) is 12.7. The third-order valence-electron chi connectivity index (χ3n) is 3.94. The van der Waals surface area contributed by atoms with Gasteiger partial charge in [0.15, 0.2) is 5.78 Å². The Morgan fingerprint density at radius 2 is 1.88 bits per heavy atom. The summed E-state index contributed by atoms with van der Waals surface area (Å²) in [5.41, 5.74) is 3.05. The lowest BCUT2D eigenvalue weighted by Crippen LogP contribution is -1.94. The fourth-order valence-electron chi connectivity index (χ4n) is 2.84. The van der Waals surface area contributed by atoms with Crippen molar-refractivity contribution in [2.75, 3.05) is 0 Å². The van der Waals surface area contributed by atoms with E-state index in [2.05, 4.69) is 12.6 Å². The van der Waals surface area contributed by atoms with Crippen molar-refractivity contribution < 1.29 is 9.53 Å². The summed E-state index contributed by atoms with van der Waals surface area (Å²) in [6.45, 7) is 3.55. The van der Waals surface area contributed by atoms with Crippen molar-refractivity contribution in [3.05, 3.63) is 71.1 Å². The number of fused-ring (bicyclic) bond motifs is 5. The second kappa shape index (κ2) is 5.93. The standard InChI is InChI=1S/C20H13ClO2S/c1-2-13(22)10-14-11-16-15-5-3-4-6-18(15)23-19-8-7-12(21)9-17(19)20(16)24-14/h2-9,11H,1,10H2. The Bertz CT molecular complexity index is 972. The van der Waals surface area contributed by atoms with Crippen LogP contribution in [0, 0.1) is 0 Å². The van der Waals surface area contributed by atoms with Crippen LogP contribution in [0.2, 0.25) is 5.02 Å². The number of ether oxygens (including phenoxy) is 1. The molecule has 1 aromatic heterocycles. The van der Waals surface area contributed by atoms with E-state index in [1.165, 1.54) is 6.08 Å². The molecule has 0 saturated carbocycles. The predicted molar refractivity (Wildman–Crippen MR) is 99.2 cm³/mol. The molecule has 0 bridgehead atoms. The van der Waals surface area contributed by atoms with Gasteiger partial charge in [0, 0.05) is 37.9 Å². The summed E-state index contributed by atoms with van der Waals surface area (Å²) in [6.07, 6.45) is 1.73. The summed E-state index contributed by atoms with van der Waals surface area (Å²) >= 11 is 7.80. The molecule has 4 heteroatoms. The van der Waals surface area contributed by atoms with Gasteiger partial charge in [0.25, 0.3) is 0 Å². The SMILES string of the molecule is C=CC(=O)Cc1cc2c(s1)-c1cc(Cl)ccc1Oc1ccccc1-2. The summed E-state index contributed by atoms with van der Waals surface area (Å²) in [6, 6.07) is 15.6. The van der Waals surface area contributed by atoms with E-state index in [0.29, 0.717) is 11.4 Å². The van der Waals surface area contributed by atoms with Gasteiger partial charge in [-0.2, -0.15) is 0 Å². The van der Waals surface area contributed by atoms with Crippen LogP contribution in [-0.2, 0) is 11.2 Å². The van der Waals surface area contributed by atoms with Crippen LogP contribution in [0.5, 0.6) is 11.5 Å². The highest BCUT2D eigenvalue weighted by Crippen LogP contribution is 2.50. The van der Waals surface area contributed by atoms with E-state index in [1.54, 1.807) is 11.3 Å². The lowest BCUT2D eigenvalue weighted by atomic mass is 10.0. The number of carbonyl (C=O) groups excluding carboxylic acids is 1. The number of rotatable bonds is 3. The summed E-state index contributed by atoms with van der Waals surface area (Å²) in [7, 11) is 0. The maximum Gasteiger partial charge on any atom is 0.160 e. The highest BCUT2D eigenvalue weighted by Gasteiger charge is 2.23. The van der Waals surface area contributed by atoms with Crippen LogP contribution in [0.25, 0.3) is 21.6 Å². The molecule has 0 aliphatic carbocycles. The minimum atomic E-state index is 0.0160. The summed E-state index contributed by atoms with van der Waals surface area (Å²) in [5.74, 6) is 1.59. The van der Waals surface area contributed by atoms with Crippen molar-refractivity contribution in [3.63, 3.8) is 0 Å². The normalized spacial score (nSPS) is 11.5. The van der Waals surface area contributed by atoms with Crippen molar-refractivity contribution in [2.45, 2.75) is 6.42 Å². The molecule has 2 nitrogen and oxygen atoms in total. The van der Waals surface area contributed by atoms with Crippen molar-refractivity contribution >= 4 is 28.7 Å². The van der Waals surface area contributed by atoms with Gasteiger partial charge in [-0.3, -0.25) is 4.79 Å². The van der Waals surface area contributed by atoms with Crippen molar-refractivity contribution in [1.29, 1.82) is 0 Å². The molecule has 0 amide bonds. The van der Waals surface area contributed by atoms with E-state index in [4.69, 9.17) is 16.3 Å². The van der Waals surface area contributed by atoms with E-state index in [0.717, 1.165) is 37.9 Å². The van der Waals surface area contributed by atoms with Crippen LogP contribution in [0.1, 0.15) is 4.88 Å². The van der Waals surface area contributed by atoms with Gasteiger partial charge in [0.2, 0.25) is 0 Å². The minimum absolute atomic E-state index is 0.0160. The maximum absolute atomic E-state index is 11.8. The van der Waals surface area contributed by atoms with Crippen molar-refractivity contribution in [2.24, 2.45) is 0 Å². The molecule has 0 unspecified atom stereocenters. The second-order valence-electron chi connectivity index (χ2n) is 5.54. The molecule has 3 aromatic rings. The molecular weight excluding hydrogens is 340 g/mol. The van der Waals surface area contributed by atoms with Gasteiger partial charge in [-0.25, -0.2) is 0 Å². The number of hydrogen-bond acceptors (Lipinski definition) is 3. The van der Waals surface area contributed by atoms with Gasteiger partial charge in [-0.15, -0.1) is 11.3 Å². The molecule has 0 N–H and O–H groups in total. The summed E-state index contributed by atoms with van der Waals surface area (Å²) < 4.78 is 6.11. The number of halogens is 1. The molecule has 2 heterocycles. The number of carbonyl (C=O) groups is 1. The molecule has 0 radical (unpaired) electrons. The molecule has 0 saturated heterocycles. The molecular formula is C20H13ClO2S. The molecule has 1 aliphatic heterocycles. The third-order valence-corrected chi connectivity index (χ3v) is 5.35. The van der Waals surface area contributed by atoms with E-state index in [9.17, 15) is 4.79 Å². The van der Waals surface area contributed by atoms with Crippen LogP contribution in [0.4, 0.5) is 0 Å². The minimum Gasteiger partial charge on any atom is -0.456 e. The average Bonchev–Trinajstić information content (AvgIpc) is 2.95. The second-order valence-corrected chi connectivity index (χ2v) is 7.11. The largest absolute Gasteiger partial charge is 0.456 e. The molecule has 2 aromatic carbocycles. The van der Waals surface area contributed by atoms with E-state index in [-0.39, 0.29) is 5.78 Å². The first-order valence-corrected chi connectivity index (χ1v) is 8.70. The first-order valence-electron chi connectivity index (χ1n) is 7.51. The topological polar surface area (TPSA) is 26.3 Å². The molecule has 24 heavy (non-hydrogen) atoms. The summed E-state index contributed by atoms with van der Waals surface area (Å²) in [5, 5.41) is 0.659. The van der Waals surface area contributed by atoms with Crippen molar-refractivity contribution in [1.82, 2.24) is 0 Å². The molecule has 0 spiro atoms. The number of ketones is 1. The smallest absolute Gasteiger partial charge is 0.160 e. The molecule has 4 rings (SSSR count). The highest BCUT2D eigenvalue weighted by molar-refractivity contribution is 7.16. The Hall–Kier alpha value is -2.36. The van der Waals surface area contributed by atoms with E-state index in [1.807, 2.05) is 42.5 Å². The van der Waals surface area contributed by atoms with Gasteiger partial charge in [-0.05, 0) is 36.4 Å². The van der Waals surface area contributed by atoms with E-state index >= 15 is 0 Å². The van der Waals surface area contributed by atoms with Crippen LogP contribution < -0.4 is 4.74 Å². The summed E-state index contributed by atoms with van der Waals surface area (Å²) in [4.78, 5) is 13.8. The molecule has 0 fully saturated rings. The Morgan fingerprint density at radius 3 is 2.71 bits per heavy atom. The third kappa shape index (κ3) is 2.56. The predicted octanol–water partition coefficient (Wildman–Crippen LogP) is 6.14. The van der Waals surface area contributed by atoms with Crippen molar-refractivity contribution in [3.8, 4) is 33.1 Å². The van der Waals surface area contributed by atoms with Gasteiger partial charge < -0.3 is 4.74 Å². The monoisotopic (exact) mass is 352 g/mol. The Morgan fingerprint density at radius 1 is 1.08 bits per heavy atom. The Labute approximate surface area is 149 Å². The lowest BCUT2D eigenvalue weighted by Gasteiger charge is -2.09. The van der Waals surface area contributed by atoms with Gasteiger partial charge in [-0.1, -0.05) is 36.4 Å². The Balaban J connectivity index is 1.97. The molecule has 0 atom stereocenters. The fourth-order valence-corrected chi connectivity index (χ4v) is 4.21. The van der Waals surface area contributed by atoms with Gasteiger partial charge >= 0.3 is 0 Å².